The van der Waals surface area contributed by atoms with E-state index in [4.69, 9.17) is 16.3 Å². The Balaban J connectivity index is 2.94. The van der Waals surface area contributed by atoms with Gasteiger partial charge in [-0.2, -0.15) is 0 Å². The third-order valence-corrected chi connectivity index (χ3v) is 1.89. The van der Waals surface area contributed by atoms with Gasteiger partial charge < -0.3 is 10.1 Å². The van der Waals surface area contributed by atoms with Crippen molar-refractivity contribution in [3.63, 3.8) is 0 Å². The zero-order chi connectivity index (χ0) is 10.6. The Morgan fingerprint density at radius 2 is 2.43 bits per heavy atom. The van der Waals surface area contributed by atoms with Gasteiger partial charge in [-0.05, 0) is 13.0 Å². The molecular formula is C9H11ClN2O2. The Hall–Kier alpha value is -1.29. The highest BCUT2D eigenvalue weighted by molar-refractivity contribution is 6.33. The molecule has 1 aromatic heterocycles. The lowest BCUT2D eigenvalue weighted by Crippen LogP contribution is -2.08. The van der Waals surface area contributed by atoms with Gasteiger partial charge >= 0.3 is 5.97 Å². The number of hydrogen-bond acceptors (Lipinski definition) is 4. The summed E-state index contributed by atoms with van der Waals surface area (Å²) in [5.41, 5.74) is 0.899. The van der Waals surface area contributed by atoms with Gasteiger partial charge in [0.1, 0.15) is 0 Å². The second-order valence-electron chi connectivity index (χ2n) is 2.52. The molecule has 0 radical (unpaired) electrons. The van der Waals surface area contributed by atoms with Gasteiger partial charge in [-0.1, -0.05) is 11.6 Å². The first-order valence-electron chi connectivity index (χ1n) is 4.19. The predicted octanol–water partition coefficient (Wildman–Crippen LogP) is 1.95. The van der Waals surface area contributed by atoms with E-state index in [1.54, 1.807) is 20.0 Å². The van der Waals surface area contributed by atoms with Crippen molar-refractivity contribution in [1.82, 2.24) is 4.98 Å². The summed E-state index contributed by atoms with van der Waals surface area (Å²) in [6, 6.07) is 1.63. The van der Waals surface area contributed by atoms with Crippen molar-refractivity contribution in [2.45, 2.75) is 6.92 Å². The molecule has 0 aliphatic carbocycles. The van der Waals surface area contributed by atoms with Crippen molar-refractivity contribution in [1.29, 1.82) is 0 Å². The van der Waals surface area contributed by atoms with Gasteiger partial charge in [-0.15, -0.1) is 0 Å². The second-order valence-corrected chi connectivity index (χ2v) is 2.93. The summed E-state index contributed by atoms with van der Waals surface area (Å²) >= 11 is 5.84. The summed E-state index contributed by atoms with van der Waals surface area (Å²) in [6.45, 7) is 2.04. The van der Waals surface area contributed by atoms with Crippen molar-refractivity contribution in [2.24, 2.45) is 0 Å². The molecule has 0 saturated heterocycles. The highest BCUT2D eigenvalue weighted by Crippen LogP contribution is 2.18. The lowest BCUT2D eigenvalue weighted by molar-refractivity contribution is 0.0520. The molecule has 0 unspecified atom stereocenters. The number of aromatic nitrogens is 1. The van der Waals surface area contributed by atoms with Gasteiger partial charge in [0.15, 0.2) is 5.69 Å². The number of anilines is 1. The first-order chi connectivity index (χ1) is 6.69. The number of ether oxygens (including phenoxy) is 1. The zero-order valence-electron chi connectivity index (χ0n) is 8.00. The lowest BCUT2D eigenvalue weighted by atomic mass is 10.3. The standard InChI is InChI=1S/C9H11ClN2O2/c1-3-14-9(13)8-7(10)4-6(11-2)5-12-8/h4-5,11H,3H2,1-2H3. The highest BCUT2D eigenvalue weighted by Gasteiger charge is 2.13. The largest absolute Gasteiger partial charge is 0.461 e. The van der Waals surface area contributed by atoms with Gasteiger partial charge in [-0.3, -0.25) is 0 Å². The van der Waals surface area contributed by atoms with Crippen LogP contribution in [0, 0.1) is 0 Å². The van der Waals surface area contributed by atoms with E-state index in [1.165, 1.54) is 6.20 Å². The Labute approximate surface area is 87.2 Å². The minimum absolute atomic E-state index is 0.146. The maximum atomic E-state index is 11.3. The van der Waals surface area contributed by atoms with Crippen molar-refractivity contribution >= 4 is 23.3 Å². The fourth-order valence-corrected chi connectivity index (χ4v) is 1.17. The second kappa shape index (κ2) is 4.81. The molecule has 0 bridgehead atoms. The average molecular weight is 215 g/mol. The number of hydrogen-bond donors (Lipinski definition) is 1. The first-order valence-corrected chi connectivity index (χ1v) is 4.57. The quantitative estimate of drug-likeness (QED) is 0.782. The predicted molar refractivity (Wildman–Crippen MR) is 54.8 cm³/mol. The normalized spacial score (nSPS) is 9.64. The minimum Gasteiger partial charge on any atom is -0.461 e. The monoisotopic (exact) mass is 214 g/mol. The molecule has 4 nitrogen and oxygen atoms in total. The number of nitrogens with zero attached hydrogens (tertiary/aromatic N) is 1. The van der Waals surface area contributed by atoms with Crippen LogP contribution in [0.15, 0.2) is 12.3 Å². The molecule has 0 fully saturated rings. The lowest BCUT2D eigenvalue weighted by Gasteiger charge is -2.04. The van der Waals surface area contributed by atoms with Gasteiger partial charge in [0, 0.05) is 7.05 Å². The smallest absolute Gasteiger partial charge is 0.358 e. The van der Waals surface area contributed by atoms with Crippen LogP contribution in [0.4, 0.5) is 5.69 Å². The Morgan fingerprint density at radius 1 is 1.71 bits per heavy atom. The minimum atomic E-state index is -0.500. The number of halogens is 1. The van der Waals surface area contributed by atoms with Gasteiger partial charge in [0.2, 0.25) is 0 Å². The Bertz CT molecular complexity index is 342. The van der Waals surface area contributed by atoms with Crippen LogP contribution in [0.1, 0.15) is 17.4 Å². The molecular weight excluding hydrogens is 204 g/mol. The van der Waals surface area contributed by atoms with Crippen LogP contribution >= 0.6 is 11.6 Å². The number of esters is 1. The molecule has 14 heavy (non-hydrogen) atoms. The highest BCUT2D eigenvalue weighted by atomic mass is 35.5. The molecule has 1 aromatic rings. The van der Waals surface area contributed by atoms with Crippen LogP contribution in [0.3, 0.4) is 0 Å². The van der Waals surface area contributed by atoms with E-state index < -0.39 is 5.97 Å². The van der Waals surface area contributed by atoms with Crippen LogP contribution in [-0.2, 0) is 4.74 Å². The molecule has 0 saturated carbocycles. The number of pyridine rings is 1. The zero-order valence-corrected chi connectivity index (χ0v) is 8.76. The van der Waals surface area contributed by atoms with E-state index in [0.717, 1.165) is 5.69 Å². The van der Waals surface area contributed by atoms with E-state index in [0.29, 0.717) is 6.61 Å². The SMILES string of the molecule is CCOC(=O)c1ncc(NC)cc1Cl. The fourth-order valence-electron chi connectivity index (χ4n) is 0.924. The molecule has 0 amide bonds. The third-order valence-electron chi connectivity index (χ3n) is 1.60. The molecule has 0 atom stereocenters. The fraction of sp³-hybridized carbons (Fsp3) is 0.333. The molecule has 1 N–H and O–H groups in total. The van der Waals surface area contributed by atoms with Crippen LogP contribution in [0.5, 0.6) is 0 Å². The Kier molecular flexibility index (Phi) is 3.71. The summed E-state index contributed by atoms with van der Waals surface area (Å²) in [5, 5.41) is 3.15. The number of carbonyl (C=O) groups is 1. The van der Waals surface area contributed by atoms with Crippen LogP contribution in [0.25, 0.3) is 0 Å². The van der Waals surface area contributed by atoms with E-state index in [9.17, 15) is 4.79 Å². The van der Waals surface area contributed by atoms with Crippen molar-refractivity contribution in [3.05, 3.63) is 23.0 Å². The van der Waals surface area contributed by atoms with Gasteiger partial charge in [0.05, 0.1) is 23.5 Å². The first kappa shape index (κ1) is 10.8. The summed E-state index contributed by atoms with van der Waals surface area (Å²) in [7, 11) is 1.75. The molecule has 0 aliphatic rings. The molecule has 5 heteroatoms. The molecule has 0 aliphatic heterocycles. The van der Waals surface area contributed by atoms with Crippen LogP contribution < -0.4 is 5.32 Å². The summed E-state index contributed by atoms with van der Waals surface area (Å²) < 4.78 is 4.78. The maximum Gasteiger partial charge on any atom is 0.358 e. The number of rotatable bonds is 3. The van der Waals surface area contributed by atoms with Crippen molar-refractivity contribution in [3.8, 4) is 0 Å². The van der Waals surface area contributed by atoms with Gasteiger partial charge in [-0.25, -0.2) is 9.78 Å². The van der Waals surface area contributed by atoms with Crippen molar-refractivity contribution in [2.75, 3.05) is 19.0 Å². The topological polar surface area (TPSA) is 51.2 Å². The number of nitrogens with one attached hydrogen (secondary N) is 1. The van der Waals surface area contributed by atoms with Crippen LogP contribution in [0.2, 0.25) is 5.02 Å². The maximum absolute atomic E-state index is 11.3. The van der Waals surface area contributed by atoms with Gasteiger partial charge in [0.25, 0.3) is 0 Å². The van der Waals surface area contributed by atoms with E-state index in [1.807, 2.05) is 0 Å². The average Bonchev–Trinajstić information content (AvgIpc) is 2.17. The molecule has 1 rings (SSSR count). The Morgan fingerprint density at radius 3 is 2.93 bits per heavy atom. The molecule has 1 heterocycles. The van der Waals surface area contributed by atoms with E-state index in [-0.39, 0.29) is 10.7 Å². The molecule has 0 aromatic carbocycles. The van der Waals surface area contributed by atoms with E-state index in [2.05, 4.69) is 10.3 Å². The molecule has 0 spiro atoms. The van der Waals surface area contributed by atoms with E-state index >= 15 is 0 Å². The summed E-state index contributed by atoms with van der Waals surface area (Å²) in [5.74, 6) is -0.500. The molecule has 76 valence electrons. The van der Waals surface area contributed by atoms with Crippen LogP contribution in [-0.4, -0.2) is 24.6 Å². The third kappa shape index (κ3) is 2.35. The summed E-state index contributed by atoms with van der Waals surface area (Å²) in [6.07, 6.45) is 1.53. The number of carbonyl (C=O) groups excluding carboxylic acids is 1. The van der Waals surface area contributed by atoms with Crippen molar-refractivity contribution < 1.29 is 9.53 Å². The summed E-state index contributed by atoms with van der Waals surface area (Å²) in [4.78, 5) is 15.2.